The van der Waals surface area contributed by atoms with E-state index in [1.165, 1.54) is 12.1 Å². The Kier molecular flexibility index (Phi) is 8.49. The SMILES string of the molecule is CCC(c1ccc2c(C(F)(F)F)c(OC3CCC(C(F)(F)F)CC3)ccc2c1)N1CCC[C@@H](CC(=O)O)C1. The van der Waals surface area contributed by atoms with E-state index < -0.39 is 35.9 Å². The van der Waals surface area contributed by atoms with Gasteiger partial charge in [-0.1, -0.05) is 25.1 Å². The van der Waals surface area contributed by atoms with Crippen LogP contribution in [-0.4, -0.2) is 41.3 Å². The number of alkyl halides is 6. The van der Waals surface area contributed by atoms with Gasteiger partial charge in [0.15, 0.2) is 0 Å². The summed E-state index contributed by atoms with van der Waals surface area (Å²) in [7, 11) is 0. The lowest BCUT2D eigenvalue weighted by Gasteiger charge is -2.38. The number of piperidine rings is 1. The number of fused-ring (bicyclic) bond motifs is 1. The Morgan fingerprint density at radius 1 is 1.05 bits per heavy atom. The van der Waals surface area contributed by atoms with Crippen LogP contribution in [-0.2, 0) is 11.0 Å². The molecule has 0 radical (unpaired) electrons. The molecule has 2 aromatic carbocycles. The molecule has 1 unspecified atom stereocenters. The summed E-state index contributed by atoms with van der Waals surface area (Å²) in [5.74, 6) is -2.58. The average Bonchev–Trinajstić information content (AvgIpc) is 2.83. The summed E-state index contributed by atoms with van der Waals surface area (Å²) in [6.07, 6.45) is -7.40. The molecule has 0 aromatic heterocycles. The second kappa shape index (κ2) is 11.3. The fourth-order valence-electron chi connectivity index (χ4n) is 6.11. The number of likely N-dealkylation sites (tertiary alicyclic amines) is 1. The summed E-state index contributed by atoms with van der Waals surface area (Å²) in [4.78, 5) is 13.4. The smallest absolute Gasteiger partial charge is 0.420 e. The second-order valence-electron chi connectivity index (χ2n) is 10.6. The standard InChI is InChI=1S/C28H33F6NO3/c1-2-23(35-13-3-4-17(16-35)14-25(36)37)19-5-11-22-18(15-19)6-12-24(26(22)28(32,33)34)38-21-9-7-20(8-10-21)27(29,30)31/h5-6,11-12,15,17,20-21,23H,2-4,7-10,13-14,16H2,1H3,(H,36,37)/t17-,20?,21?,23?/m0/s1. The number of carbonyl (C=O) groups is 1. The van der Waals surface area contributed by atoms with Crippen molar-refractivity contribution in [2.45, 2.75) is 82.8 Å². The van der Waals surface area contributed by atoms with Crippen molar-refractivity contribution >= 4 is 16.7 Å². The molecule has 2 fully saturated rings. The van der Waals surface area contributed by atoms with Gasteiger partial charge in [-0.25, -0.2) is 0 Å². The normalized spacial score (nSPS) is 24.3. The Labute approximate surface area is 217 Å². The zero-order valence-electron chi connectivity index (χ0n) is 21.2. The van der Waals surface area contributed by atoms with Crippen LogP contribution in [0.2, 0.25) is 0 Å². The van der Waals surface area contributed by atoms with Gasteiger partial charge in [-0.2, -0.15) is 26.3 Å². The summed E-state index contributed by atoms with van der Waals surface area (Å²) in [5, 5.41) is 9.57. The van der Waals surface area contributed by atoms with Crippen molar-refractivity contribution in [3.05, 3.63) is 41.5 Å². The predicted octanol–water partition coefficient (Wildman–Crippen LogP) is 8.00. The van der Waals surface area contributed by atoms with Gasteiger partial charge in [0.05, 0.1) is 12.0 Å². The van der Waals surface area contributed by atoms with Crippen molar-refractivity contribution < 1.29 is 41.0 Å². The highest BCUT2D eigenvalue weighted by Gasteiger charge is 2.43. The van der Waals surface area contributed by atoms with Gasteiger partial charge in [0.1, 0.15) is 11.3 Å². The van der Waals surface area contributed by atoms with Gasteiger partial charge in [-0.15, -0.1) is 0 Å². The molecule has 2 aliphatic rings. The highest BCUT2D eigenvalue weighted by Crippen LogP contribution is 2.44. The van der Waals surface area contributed by atoms with Crippen LogP contribution in [0.1, 0.15) is 75.5 Å². The molecule has 0 spiro atoms. The number of carboxylic acid groups (broad SMARTS) is 1. The Hall–Kier alpha value is -2.49. The quantitative estimate of drug-likeness (QED) is 0.358. The van der Waals surface area contributed by atoms with Gasteiger partial charge in [-0.3, -0.25) is 9.69 Å². The molecule has 1 N–H and O–H groups in total. The third-order valence-electron chi connectivity index (χ3n) is 7.95. The Morgan fingerprint density at radius 2 is 1.76 bits per heavy atom. The molecule has 2 atom stereocenters. The number of nitrogens with zero attached hydrogens (tertiary/aromatic N) is 1. The van der Waals surface area contributed by atoms with Crippen LogP contribution >= 0.6 is 0 Å². The number of hydrogen-bond donors (Lipinski definition) is 1. The minimum atomic E-state index is -4.71. The molecule has 1 saturated heterocycles. The first kappa shape index (κ1) is 28.5. The lowest BCUT2D eigenvalue weighted by atomic mass is 9.87. The second-order valence-corrected chi connectivity index (χ2v) is 10.6. The maximum absolute atomic E-state index is 14.2. The van der Waals surface area contributed by atoms with Crippen molar-refractivity contribution in [1.82, 2.24) is 4.90 Å². The van der Waals surface area contributed by atoms with Gasteiger partial charge < -0.3 is 9.84 Å². The Bertz CT molecular complexity index is 1120. The van der Waals surface area contributed by atoms with E-state index in [2.05, 4.69) is 4.90 Å². The van der Waals surface area contributed by atoms with Crippen LogP contribution in [0.25, 0.3) is 10.8 Å². The van der Waals surface area contributed by atoms with Crippen molar-refractivity contribution in [3.63, 3.8) is 0 Å². The van der Waals surface area contributed by atoms with Crippen molar-refractivity contribution in [1.29, 1.82) is 0 Å². The Morgan fingerprint density at radius 3 is 2.37 bits per heavy atom. The van der Waals surface area contributed by atoms with Crippen LogP contribution < -0.4 is 4.74 Å². The maximum atomic E-state index is 14.2. The third-order valence-corrected chi connectivity index (χ3v) is 7.95. The first-order valence-corrected chi connectivity index (χ1v) is 13.2. The number of carboxylic acids is 1. The van der Waals surface area contributed by atoms with Crippen LogP contribution in [0.15, 0.2) is 30.3 Å². The number of hydrogen-bond acceptors (Lipinski definition) is 3. The van der Waals surface area contributed by atoms with Crippen molar-refractivity contribution in [3.8, 4) is 5.75 Å². The van der Waals surface area contributed by atoms with Crippen molar-refractivity contribution in [2.75, 3.05) is 13.1 Å². The number of halogens is 6. The minimum absolute atomic E-state index is 0.0139. The van der Waals surface area contributed by atoms with E-state index in [0.29, 0.717) is 11.9 Å². The highest BCUT2D eigenvalue weighted by molar-refractivity contribution is 5.89. The molecule has 0 amide bonds. The van der Waals surface area contributed by atoms with E-state index >= 15 is 0 Å². The molecule has 1 saturated carbocycles. The van der Waals surface area contributed by atoms with E-state index in [0.717, 1.165) is 31.4 Å². The molecular formula is C28H33F6NO3. The molecule has 0 bridgehead atoms. The van der Waals surface area contributed by atoms with Gasteiger partial charge in [0.2, 0.25) is 0 Å². The molecule has 1 heterocycles. The van der Waals surface area contributed by atoms with Crippen molar-refractivity contribution in [2.24, 2.45) is 11.8 Å². The monoisotopic (exact) mass is 545 g/mol. The van der Waals surface area contributed by atoms with Gasteiger partial charge in [0.25, 0.3) is 0 Å². The molecule has 2 aromatic rings. The van der Waals surface area contributed by atoms with Gasteiger partial charge in [0, 0.05) is 19.0 Å². The summed E-state index contributed by atoms with van der Waals surface area (Å²) < 4.78 is 87.3. The Balaban J connectivity index is 1.58. The zero-order chi connectivity index (χ0) is 27.7. The number of ether oxygens (including phenoxy) is 1. The summed E-state index contributed by atoms with van der Waals surface area (Å²) in [6, 6.07) is 7.67. The minimum Gasteiger partial charge on any atom is -0.490 e. The topological polar surface area (TPSA) is 49.8 Å². The fraction of sp³-hybridized carbons (Fsp3) is 0.607. The zero-order valence-corrected chi connectivity index (χ0v) is 21.2. The van der Waals surface area contributed by atoms with E-state index in [1.807, 2.05) is 6.92 Å². The molecule has 38 heavy (non-hydrogen) atoms. The molecule has 10 heteroatoms. The molecule has 4 nitrogen and oxygen atoms in total. The van der Waals surface area contributed by atoms with Crippen LogP contribution in [0, 0.1) is 11.8 Å². The number of aliphatic carboxylic acids is 1. The van der Waals surface area contributed by atoms with Crippen LogP contribution in [0.4, 0.5) is 26.3 Å². The molecule has 4 rings (SSSR count). The average molecular weight is 546 g/mol. The van der Waals surface area contributed by atoms with Gasteiger partial charge in [-0.05, 0) is 85.9 Å². The van der Waals surface area contributed by atoms with Crippen LogP contribution in [0.3, 0.4) is 0 Å². The van der Waals surface area contributed by atoms with E-state index in [-0.39, 0.29) is 55.2 Å². The highest BCUT2D eigenvalue weighted by atomic mass is 19.4. The summed E-state index contributed by atoms with van der Waals surface area (Å²) >= 11 is 0. The summed E-state index contributed by atoms with van der Waals surface area (Å²) in [5.41, 5.74) is -0.0460. The molecule has 1 aliphatic carbocycles. The lowest BCUT2D eigenvalue weighted by Crippen LogP contribution is -2.38. The molecular weight excluding hydrogens is 512 g/mol. The maximum Gasteiger partial charge on any atom is 0.420 e. The number of benzene rings is 2. The third kappa shape index (κ3) is 6.55. The van der Waals surface area contributed by atoms with E-state index in [9.17, 15) is 36.2 Å². The number of rotatable bonds is 7. The van der Waals surface area contributed by atoms with E-state index in [1.54, 1.807) is 18.2 Å². The molecule has 1 aliphatic heterocycles. The first-order valence-electron chi connectivity index (χ1n) is 13.2. The van der Waals surface area contributed by atoms with Crippen LogP contribution in [0.5, 0.6) is 5.75 Å². The first-order chi connectivity index (χ1) is 17.9. The lowest BCUT2D eigenvalue weighted by molar-refractivity contribution is -0.185. The summed E-state index contributed by atoms with van der Waals surface area (Å²) in [6.45, 7) is 3.42. The predicted molar refractivity (Wildman–Crippen MR) is 131 cm³/mol. The molecule has 210 valence electrons. The van der Waals surface area contributed by atoms with E-state index in [4.69, 9.17) is 4.74 Å². The largest absolute Gasteiger partial charge is 0.490 e. The van der Waals surface area contributed by atoms with Gasteiger partial charge >= 0.3 is 18.3 Å². The fourth-order valence-corrected chi connectivity index (χ4v) is 6.11.